The highest BCUT2D eigenvalue weighted by Gasteiger charge is 2.19. The van der Waals surface area contributed by atoms with Gasteiger partial charge in [-0.05, 0) is 18.6 Å². The van der Waals surface area contributed by atoms with Gasteiger partial charge in [0, 0.05) is 18.8 Å². The van der Waals surface area contributed by atoms with Crippen LogP contribution in [0.4, 0.5) is 0 Å². The van der Waals surface area contributed by atoms with Gasteiger partial charge < -0.3 is 5.11 Å². The number of aryl methyl sites for hydroxylation is 1. The Labute approximate surface area is 121 Å². The van der Waals surface area contributed by atoms with Crippen LogP contribution in [-0.4, -0.2) is 36.6 Å². The highest BCUT2D eigenvalue weighted by molar-refractivity contribution is 7.99. The van der Waals surface area contributed by atoms with Crippen LogP contribution in [0.15, 0.2) is 29.7 Å². The zero-order valence-electron chi connectivity index (χ0n) is 11.4. The van der Waals surface area contributed by atoms with Gasteiger partial charge in [0.15, 0.2) is 5.16 Å². The first-order valence-corrected chi connectivity index (χ1v) is 7.30. The quantitative estimate of drug-likeness (QED) is 0.820. The number of pyridine rings is 1. The average molecular weight is 292 g/mol. The summed E-state index contributed by atoms with van der Waals surface area (Å²) in [7, 11) is 0. The minimum absolute atomic E-state index is 0.0185. The first kappa shape index (κ1) is 14.5. The third-order valence-corrected chi connectivity index (χ3v) is 3.86. The Bertz CT molecular complexity index is 585. The predicted molar refractivity (Wildman–Crippen MR) is 75.8 cm³/mol. The standard InChI is InChI=1S/C13H16N4O2S/c1-3-11-15-16-13(20-8-12(18)19)17(11)9(2)10-5-4-6-14-7-10/h4-7,9H,3,8H2,1-2H3,(H,18,19). The topological polar surface area (TPSA) is 80.9 Å². The first-order valence-electron chi connectivity index (χ1n) is 6.31. The maximum atomic E-state index is 10.7. The zero-order chi connectivity index (χ0) is 14.5. The van der Waals surface area contributed by atoms with E-state index in [1.54, 1.807) is 12.4 Å². The van der Waals surface area contributed by atoms with Crippen molar-refractivity contribution in [1.82, 2.24) is 19.7 Å². The lowest BCUT2D eigenvalue weighted by atomic mass is 10.1. The number of carboxylic acid groups (broad SMARTS) is 1. The van der Waals surface area contributed by atoms with Crippen molar-refractivity contribution in [2.45, 2.75) is 31.5 Å². The number of aromatic nitrogens is 4. The lowest BCUT2D eigenvalue weighted by Gasteiger charge is -2.17. The number of thioether (sulfide) groups is 1. The fourth-order valence-corrected chi connectivity index (χ4v) is 2.69. The minimum atomic E-state index is -0.864. The molecule has 0 aliphatic carbocycles. The second-order valence-corrected chi connectivity index (χ2v) is 5.21. The molecule has 0 bridgehead atoms. The third-order valence-electron chi connectivity index (χ3n) is 2.93. The summed E-state index contributed by atoms with van der Waals surface area (Å²) in [6, 6.07) is 3.89. The highest BCUT2D eigenvalue weighted by atomic mass is 32.2. The molecule has 6 nitrogen and oxygen atoms in total. The van der Waals surface area contributed by atoms with Crippen LogP contribution in [0.25, 0.3) is 0 Å². The van der Waals surface area contributed by atoms with Crippen LogP contribution in [0.3, 0.4) is 0 Å². The lowest BCUT2D eigenvalue weighted by molar-refractivity contribution is -0.133. The number of rotatable bonds is 6. The van der Waals surface area contributed by atoms with Gasteiger partial charge >= 0.3 is 5.97 Å². The van der Waals surface area contributed by atoms with E-state index in [0.29, 0.717) is 5.16 Å². The van der Waals surface area contributed by atoms with Crippen LogP contribution < -0.4 is 0 Å². The van der Waals surface area contributed by atoms with Gasteiger partial charge in [0.25, 0.3) is 0 Å². The normalized spacial score (nSPS) is 12.3. The van der Waals surface area contributed by atoms with Gasteiger partial charge in [-0.2, -0.15) is 0 Å². The van der Waals surface area contributed by atoms with Gasteiger partial charge in [-0.25, -0.2) is 0 Å². The van der Waals surface area contributed by atoms with Crippen LogP contribution in [0.5, 0.6) is 0 Å². The Kier molecular flexibility index (Phi) is 4.73. The van der Waals surface area contributed by atoms with E-state index in [0.717, 1.165) is 17.8 Å². The fourth-order valence-electron chi connectivity index (χ4n) is 1.93. The van der Waals surface area contributed by atoms with Gasteiger partial charge in [-0.15, -0.1) is 10.2 Å². The molecule has 0 fully saturated rings. The molecule has 0 saturated heterocycles. The van der Waals surface area contributed by atoms with E-state index in [9.17, 15) is 4.79 Å². The summed E-state index contributed by atoms with van der Waals surface area (Å²) in [6.45, 7) is 4.03. The summed E-state index contributed by atoms with van der Waals surface area (Å²) in [6.07, 6.45) is 4.27. The van der Waals surface area contributed by atoms with Crippen LogP contribution in [0, 0.1) is 0 Å². The summed E-state index contributed by atoms with van der Waals surface area (Å²) in [5.41, 5.74) is 1.04. The smallest absolute Gasteiger partial charge is 0.313 e. The number of hydrogen-bond acceptors (Lipinski definition) is 5. The molecule has 0 aromatic carbocycles. The van der Waals surface area contributed by atoms with E-state index in [1.165, 1.54) is 11.8 Å². The van der Waals surface area contributed by atoms with E-state index >= 15 is 0 Å². The number of nitrogens with zero attached hydrogens (tertiary/aromatic N) is 4. The molecule has 2 aromatic heterocycles. The molecular formula is C13H16N4O2S. The van der Waals surface area contributed by atoms with Crippen molar-refractivity contribution in [2.75, 3.05) is 5.75 Å². The van der Waals surface area contributed by atoms with Crippen molar-refractivity contribution in [3.8, 4) is 0 Å². The summed E-state index contributed by atoms with van der Waals surface area (Å²) in [5, 5.41) is 17.7. The van der Waals surface area contributed by atoms with Crippen LogP contribution in [0.1, 0.15) is 31.3 Å². The van der Waals surface area contributed by atoms with Crippen molar-refractivity contribution in [2.24, 2.45) is 0 Å². The van der Waals surface area contributed by atoms with Crippen molar-refractivity contribution in [3.63, 3.8) is 0 Å². The molecule has 1 unspecified atom stereocenters. The molecular weight excluding hydrogens is 276 g/mol. The van der Waals surface area contributed by atoms with E-state index in [2.05, 4.69) is 15.2 Å². The first-order chi connectivity index (χ1) is 9.63. The van der Waals surface area contributed by atoms with Gasteiger partial charge in [0.1, 0.15) is 5.82 Å². The van der Waals surface area contributed by atoms with Gasteiger partial charge in [-0.3, -0.25) is 14.3 Å². The largest absolute Gasteiger partial charge is 0.481 e. The van der Waals surface area contributed by atoms with E-state index in [-0.39, 0.29) is 11.8 Å². The number of hydrogen-bond donors (Lipinski definition) is 1. The molecule has 0 radical (unpaired) electrons. The Morgan fingerprint density at radius 3 is 2.90 bits per heavy atom. The Hall–Kier alpha value is -1.89. The summed E-state index contributed by atoms with van der Waals surface area (Å²) >= 11 is 1.18. The zero-order valence-corrected chi connectivity index (χ0v) is 12.2. The molecule has 1 N–H and O–H groups in total. The van der Waals surface area contributed by atoms with Crippen molar-refractivity contribution < 1.29 is 9.90 Å². The molecule has 0 saturated carbocycles. The minimum Gasteiger partial charge on any atom is -0.481 e. The van der Waals surface area contributed by atoms with E-state index in [1.807, 2.05) is 30.5 Å². The predicted octanol–water partition coefficient (Wildman–Crippen LogP) is 2.02. The van der Waals surface area contributed by atoms with Crippen molar-refractivity contribution >= 4 is 17.7 Å². The molecule has 2 aromatic rings. The Balaban J connectivity index is 2.33. The summed E-state index contributed by atoms with van der Waals surface area (Å²) < 4.78 is 1.98. The molecule has 1 atom stereocenters. The SMILES string of the molecule is CCc1nnc(SCC(=O)O)n1C(C)c1cccnc1. The molecule has 0 aliphatic heterocycles. The van der Waals surface area contributed by atoms with Crippen LogP contribution in [-0.2, 0) is 11.2 Å². The third kappa shape index (κ3) is 3.16. The lowest BCUT2D eigenvalue weighted by Crippen LogP contribution is -2.12. The maximum Gasteiger partial charge on any atom is 0.313 e. The summed E-state index contributed by atoms with van der Waals surface area (Å²) in [4.78, 5) is 14.8. The molecule has 0 aliphatic rings. The molecule has 0 amide bonds. The maximum absolute atomic E-state index is 10.7. The van der Waals surface area contributed by atoms with Gasteiger partial charge in [0.2, 0.25) is 0 Å². The van der Waals surface area contributed by atoms with Crippen molar-refractivity contribution in [3.05, 3.63) is 35.9 Å². The molecule has 2 rings (SSSR count). The number of carbonyl (C=O) groups is 1. The van der Waals surface area contributed by atoms with Crippen LogP contribution >= 0.6 is 11.8 Å². The number of aliphatic carboxylic acids is 1. The monoisotopic (exact) mass is 292 g/mol. The summed E-state index contributed by atoms with van der Waals surface area (Å²) in [5.74, 6) is -0.0485. The Morgan fingerprint density at radius 1 is 1.50 bits per heavy atom. The molecule has 106 valence electrons. The van der Waals surface area contributed by atoms with E-state index in [4.69, 9.17) is 5.11 Å². The average Bonchev–Trinajstić information content (AvgIpc) is 2.88. The second kappa shape index (κ2) is 6.51. The molecule has 0 spiro atoms. The molecule has 20 heavy (non-hydrogen) atoms. The van der Waals surface area contributed by atoms with Gasteiger partial charge in [0.05, 0.1) is 11.8 Å². The van der Waals surface area contributed by atoms with E-state index < -0.39 is 5.97 Å². The molecule has 2 heterocycles. The van der Waals surface area contributed by atoms with Crippen molar-refractivity contribution in [1.29, 1.82) is 0 Å². The van der Waals surface area contributed by atoms with Gasteiger partial charge in [-0.1, -0.05) is 24.8 Å². The Morgan fingerprint density at radius 2 is 2.30 bits per heavy atom. The fraction of sp³-hybridized carbons (Fsp3) is 0.385. The number of carboxylic acids is 1. The molecule has 7 heteroatoms. The second-order valence-electron chi connectivity index (χ2n) is 4.27. The van der Waals surface area contributed by atoms with Crippen LogP contribution in [0.2, 0.25) is 0 Å². The highest BCUT2D eigenvalue weighted by Crippen LogP contribution is 2.26.